The molecule has 0 spiro atoms. The molecule has 0 atom stereocenters. The molecule has 5 rings (SSSR count). The van der Waals surface area contributed by atoms with Crippen LogP contribution in [0, 0.1) is 6.92 Å². The zero-order valence-electron chi connectivity index (χ0n) is 16.3. The molecule has 0 aliphatic carbocycles. The number of rotatable bonds is 5. The Morgan fingerprint density at radius 3 is 2.70 bits per heavy atom. The lowest BCUT2D eigenvalue weighted by atomic mass is 10.1. The van der Waals surface area contributed by atoms with Crippen LogP contribution in [-0.4, -0.2) is 29.1 Å². The van der Waals surface area contributed by atoms with E-state index in [0.29, 0.717) is 47.9 Å². The Labute approximate surface area is 176 Å². The number of nitrogens with one attached hydrogen (secondary N) is 1. The smallest absolute Gasteiger partial charge is 0.226 e. The van der Waals surface area contributed by atoms with Crippen molar-refractivity contribution in [3.05, 3.63) is 54.0 Å². The van der Waals surface area contributed by atoms with E-state index in [4.69, 9.17) is 13.9 Å². The van der Waals surface area contributed by atoms with Crippen LogP contribution in [0.3, 0.4) is 0 Å². The van der Waals surface area contributed by atoms with Crippen molar-refractivity contribution in [3.8, 4) is 22.8 Å². The predicted octanol–water partition coefficient (Wildman–Crippen LogP) is 4.60. The zero-order valence-corrected chi connectivity index (χ0v) is 17.1. The first-order valence-corrected chi connectivity index (χ1v) is 10.5. The Bertz CT molecular complexity index is 1170. The molecule has 2 aromatic carbocycles. The summed E-state index contributed by atoms with van der Waals surface area (Å²) >= 11 is 1.40. The molecule has 8 heteroatoms. The van der Waals surface area contributed by atoms with Gasteiger partial charge in [-0.2, -0.15) is 0 Å². The average molecular weight is 421 g/mol. The van der Waals surface area contributed by atoms with Gasteiger partial charge in [-0.05, 0) is 6.92 Å². The van der Waals surface area contributed by atoms with Crippen LogP contribution in [0.5, 0.6) is 11.5 Å². The maximum atomic E-state index is 12.4. The molecule has 0 fully saturated rings. The third-order valence-electron chi connectivity index (χ3n) is 4.75. The second-order valence-electron chi connectivity index (χ2n) is 7.02. The van der Waals surface area contributed by atoms with E-state index in [1.165, 1.54) is 16.9 Å². The number of anilines is 1. The Hall–Kier alpha value is -3.39. The van der Waals surface area contributed by atoms with Crippen molar-refractivity contribution in [3.63, 3.8) is 0 Å². The molecule has 0 saturated carbocycles. The minimum absolute atomic E-state index is 0.138. The molecule has 1 N–H and O–H groups in total. The number of fused-ring (bicyclic) bond motifs is 2. The van der Waals surface area contributed by atoms with Crippen molar-refractivity contribution in [2.24, 2.45) is 0 Å². The number of hydrogen-bond acceptors (Lipinski definition) is 7. The van der Waals surface area contributed by atoms with E-state index >= 15 is 0 Å². The maximum absolute atomic E-state index is 12.4. The highest BCUT2D eigenvalue weighted by Gasteiger charge is 2.16. The van der Waals surface area contributed by atoms with Gasteiger partial charge in [-0.1, -0.05) is 41.2 Å². The number of ether oxygens (including phenoxy) is 2. The standard InChI is InChI=1S/C22H19N3O4S/c1-13-2-4-14(5-3-13)18-12-23-21(29-18)7-6-20(26)25-22-24-15-10-16-17(11-19(15)30-22)28-9-8-27-16/h2-5,10-12H,6-9H2,1H3,(H,24,25,26). The van der Waals surface area contributed by atoms with E-state index in [1.54, 1.807) is 6.20 Å². The molecule has 1 aliphatic rings. The zero-order chi connectivity index (χ0) is 20.5. The van der Waals surface area contributed by atoms with E-state index in [2.05, 4.69) is 15.3 Å². The maximum Gasteiger partial charge on any atom is 0.226 e. The third kappa shape index (κ3) is 3.86. The van der Waals surface area contributed by atoms with Gasteiger partial charge in [0.1, 0.15) is 13.2 Å². The molecule has 0 radical (unpaired) electrons. The number of aryl methyl sites for hydroxylation is 2. The van der Waals surface area contributed by atoms with Gasteiger partial charge in [0.05, 0.1) is 16.4 Å². The number of amides is 1. The summed E-state index contributed by atoms with van der Waals surface area (Å²) in [5.41, 5.74) is 2.93. The van der Waals surface area contributed by atoms with Crippen LogP contribution in [0.25, 0.3) is 21.5 Å². The molecule has 152 valence electrons. The molecule has 7 nitrogen and oxygen atoms in total. The number of oxazole rings is 1. The highest BCUT2D eigenvalue weighted by molar-refractivity contribution is 7.22. The van der Waals surface area contributed by atoms with Gasteiger partial charge < -0.3 is 19.2 Å². The quantitative estimate of drug-likeness (QED) is 0.507. The number of nitrogens with zero attached hydrogens (tertiary/aromatic N) is 2. The number of hydrogen-bond donors (Lipinski definition) is 1. The van der Waals surface area contributed by atoms with Gasteiger partial charge in [0.25, 0.3) is 0 Å². The minimum Gasteiger partial charge on any atom is -0.486 e. The van der Waals surface area contributed by atoms with Gasteiger partial charge in [-0.15, -0.1) is 0 Å². The average Bonchev–Trinajstić information content (AvgIpc) is 3.37. The van der Waals surface area contributed by atoms with Crippen molar-refractivity contribution in [2.75, 3.05) is 18.5 Å². The van der Waals surface area contributed by atoms with Gasteiger partial charge in [-0.25, -0.2) is 9.97 Å². The fourth-order valence-corrected chi connectivity index (χ4v) is 4.09. The number of aromatic nitrogens is 2. The van der Waals surface area contributed by atoms with Crippen LogP contribution >= 0.6 is 11.3 Å². The molecule has 1 amide bonds. The van der Waals surface area contributed by atoms with Gasteiger partial charge in [0.2, 0.25) is 5.91 Å². The number of carbonyl (C=O) groups excluding carboxylic acids is 1. The lowest BCUT2D eigenvalue weighted by molar-refractivity contribution is -0.116. The van der Waals surface area contributed by atoms with E-state index in [-0.39, 0.29) is 12.3 Å². The second kappa shape index (κ2) is 7.79. The molecular weight excluding hydrogens is 402 g/mol. The summed E-state index contributed by atoms with van der Waals surface area (Å²) < 4.78 is 17.9. The van der Waals surface area contributed by atoms with Crippen LogP contribution in [0.2, 0.25) is 0 Å². The summed E-state index contributed by atoms with van der Waals surface area (Å²) in [5.74, 6) is 2.49. The van der Waals surface area contributed by atoms with Crippen LogP contribution in [0.15, 0.2) is 47.0 Å². The lowest BCUT2D eigenvalue weighted by Crippen LogP contribution is -2.15. The van der Waals surface area contributed by atoms with E-state index in [9.17, 15) is 4.79 Å². The van der Waals surface area contributed by atoms with Gasteiger partial charge in [0, 0.05) is 30.5 Å². The van der Waals surface area contributed by atoms with Gasteiger partial charge >= 0.3 is 0 Å². The first-order valence-electron chi connectivity index (χ1n) is 9.66. The number of benzene rings is 2. The minimum atomic E-state index is -0.138. The topological polar surface area (TPSA) is 86.5 Å². The van der Waals surface area contributed by atoms with E-state index in [0.717, 1.165) is 15.8 Å². The molecule has 1 aliphatic heterocycles. The van der Waals surface area contributed by atoms with Crippen LogP contribution in [-0.2, 0) is 11.2 Å². The van der Waals surface area contributed by atoms with Gasteiger partial charge in [-0.3, -0.25) is 4.79 Å². The van der Waals surface area contributed by atoms with Crippen molar-refractivity contribution in [1.29, 1.82) is 0 Å². The number of carbonyl (C=O) groups is 1. The summed E-state index contributed by atoms with van der Waals surface area (Å²) in [6.07, 6.45) is 2.36. The third-order valence-corrected chi connectivity index (χ3v) is 5.69. The molecule has 4 aromatic rings. The predicted molar refractivity (Wildman–Crippen MR) is 114 cm³/mol. The lowest BCUT2D eigenvalue weighted by Gasteiger charge is -2.17. The van der Waals surface area contributed by atoms with Crippen molar-refractivity contribution in [2.45, 2.75) is 19.8 Å². The van der Waals surface area contributed by atoms with Crippen molar-refractivity contribution >= 4 is 32.6 Å². The molecular formula is C22H19N3O4S. The van der Waals surface area contributed by atoms with Crippen LogP contribution in [0.4, 0.5) is 5.13 Å². The molecule has 0 saturated heterocycles. The normalized spacial score (nSPS) is 12.8. The Balaban J connectivity index is 1.22. The first kappa shape index (κ1) is 18.6. The van der Waals surface area contributed by atoms with Gasteiger partial charge in [0.15, 0.2) is 28.3 Å². The van der Waals surface area contributed by atoms with Crippen molar-refractivity contribution in [1.82, 2.24) is 9.97 Å². The monoisotopic (exact) mass is 421 g/mol. The fourth-order valence-electron chi connectivity index (χ4n) is 3.20. The Morgan fingerprint density at radius 1 is 1.13 bits per heavy atom. The molecule has 2 aromatic heterocycles. The second-order valence-corrected chi connectivity index (χ2v) is 8.05. The molecule has 30 heavy (non-hydrogen) atoms. The largest absolute Gasteiger partial charge is 0.486 e. The van der Waals surface area contributed by atoms with Crippen molar-refractivity contribution < 1.29 is 18.7 Å². The highest BCUT2D eigenvalue weighted by atomic mass is 32.1. The van der Waals surface area contributed by atoms with Crippen LogP contribution < -0.4 is 14.8 Å². The van der Waals surface area contributed by atoms with E-state index in [1.807, 2.05) is 43.3 Å². The Morgan fingerprint density at radius 2 is 1.90 bits per heavy atom. The first-order chi connectivity index (χ1) is 14.6. The van der Waals surface area contributed by atoms with E-state index < -0.39 is 0 Å². The highest BCUT2D eigenvalue weighted by Crippen LogP contribution is 2.37. The summed E-state index contributed by atoms with van der Waals surface area (Å²) in [5, 5.41) is 3.40. The summed E-state index contributed by atoms with van der Waals surface area (Å²) in [4.78, 5) is 21.1. The Kier molecular flexibility index (Phi) is 4.84. The summed E-state index contributed by atoms with van der Waals surface area (Å²) in [6.45, 7) is 3.10. The summed E-state index contributed by atoms with van der Waals surface area (Å²) in [7, 11) is 0. The number of thiazole rings is 1. The summed E-state index contributed by atoms with van der Waals surface area (Å²) in [6, 6.07) is 11.8. The SMILES string of the molecule is Cc1ccc(-c2cnc(CCC(=O)Nc3nc4cc5c(cc4s3)OCCO5)o2)cc1. The molecule has 0 unspecified atom stereocenters. The van der Waals surface area contributed by atoms with Crippen LogP contribution in [0.1, 0.15) is 17.9 Å². The molecule has 3 heterocycles. The fraction of sp³-hybridized carbons (Fsp3) is 0.227. The molecule has 0 bridgehead atoms.